The van der Waals surface area contributed by atoms with E-state index in [1.54, 1.807) is 0 Å². The highest BCUT2D eigenvalue weighted by atomic mass is 79.9. The zero-order chi connectivity index (χ0) is 14.2. The Kier molecular flexibility index (Phi) is 4.20. The number of amides is 1. The van der Waals surface area contributed by atoms with E-state index in [-0.39, 0.29) is 28.2 Å². The van der Waals surface area contributed by atoms with Gasteiger partial charge < -0.3 is 10.2 Å². The van der Waals surface area contributed by atoms with E-state index in [2.05, 4.69) is 21.2 Å². The third-order valence-electron chi connectivity index (χ3n) is 2.99. The molecule has 19 heavy (non-hydrogen) atoms. The maximum absolute atomic E-state index is 13.8. The zero-order valence-electron chi connectivity index (χ0n) is 10.7. The second-order valence-electron chi connectivity index (χ2n) is 4.87. The van der Waals surface area contributed by atoms with E-state index < -0.39 is 11.6 Å². The number of hydrogen-bond acceptors (Lipinski definition) is 2. The summed E-state index contributed by atoms with van der Waals surface area (Å²) in [5.41, 5.74) is 0.111. The molecule has 1 saturated heterocycles. The van der Waals surface area contributed by atoms with Gasteiger partial charge in [0.2, 0.25) is 5.91 Å². The number of benzene rings is 1. The van der Waals surface area contributed by atoms with Gasteiger partial charge in [0.15, 0.2) is 5.82 Å². The first kappa shape index (κ1) is 14.4. The maximum Gasteiger partial charge on any atom is 0.244 e. The molecule has 1 aliphatic heterocycles. The minimum Gasteiger partial charge on any atom is -0.307 e. The highest BCUT2D eigenvalue weighted by Crippen LogP contribution is 2.33. The topological polar surface area (TPSA) is 32.3 Å². The summed E-state index contributed by atoms with van der Waals surface area (Å²) in [4.78, 5) is 13.6. The molecule has 1 amide bonds. The lowest BCUT2D eigenvalue weighted by atomic mass is 10.2. The van der Waals surface area contributed by atoms with Crippen LogP contribution in [0.2, 0.25) is 0 Å². The van der Waals surface area contributed by atoms with Crippen molar-refractivity contribution in [2.45, 2.75) is 32.4 Å². The molecule has 0 aliphatic carbocycles. The number of carbonyl (C=O) groups is 1. The Morgan fingerprint density at radius 3 is 2.68 bits per heavy atom. The van der Waals surface area contributed by atoms with Crippen molar-refractivity contribution in [1.82, 2.24) is 5.32 Å². The van der Waals surface area contributed by atoms with Gasteiger partial charge in [-0.05, 0) is 28.4 Å². The van der Waals surface area contributed by atoms with Crippen LogP contribution in [0.15, 0.2) is 16.6 Å². The summed E-state index contributed by atoms with van der Waals surface area (Å²) in [5, 5.41) is 3.14. The molecule has 0 bridgehead atoms. The van der Waals surface area contributed by atoms with Gasteiger partial charge in [0.25, 0.3) is 0 Å². The normalized spacial score (nSPS) is 19.6. The lowest BCUT2D eigenvalue weighted by molar-refractivity contribution is -0.119. The first-order chi connectivity index (χ1) is 8.90. The first-order valence-electron chi connectivity index (χ1n) is 6.12. The van der Waals surface area contributed by atoms with Crippen molar-refractivity contribution in [3.8, 4) is 0 Å². The Labute approximate surface area is 119 Å². The predicted octanol–water partition coefficient (Wildman–Crippen LogP) is 2.83. The van der Waals surface area contributed by atoms with E-state index in [9.17, 15) is 13.6 Å². The Morgan fingerprint density at radius 2 is 2.11 bits per heavy atom. The standard InChI is InChI=1S/C13H15BrF2N2O/c1-7(2)17-11-3-4-18(13(11)19)12-9(14)5-8(15)6-10(12)16/h5-7,11,17H,3-4H2,1-2H3. The molecule has 0 aromatic heterocycles. The van der Waals surface area contributed by atoms with Gasteiger partial charge >= 0.3 is 0 Å². The van der Waals surface area contributed by atoms with E-state index in [4.69, 9.17) is 0 Å². The van der Waals surface area contributed by atoms with Gasteiger partial charge in [-0.3, -0.25) is 4.79 Å². The number of rotatable bonds is 3. The molecule has 1 N–H and O–H groups in total. The molecular weight excluding hydrogens is 318 g/mol. The minimum atomic E-state index is -0.731. The minimum absolute atomic E-state index is 0.111. The highest BCUT2D eigenvalue weighted by molar-refractivity contribution is 9.10. The summed E-state index contributed by atoms with van der Waals surface area (Å²) in [6.07, 6.45) is 0.611. The summed E-state index contributed by atoms with van der Waals surface area (Å²) in [5.74, 6) is -1.58. The van der Waals surface area contributed by atoms with Crippen LogP contribution >= 0.6 is 15.9 Å². The van der Waals surface area contributed by atoms with Crippen LogP contribution in [0.3, 0.4) is 0 Å². The first-order valence-corrected chi connectivity index (χ1v) is 6.91. The highest BCUT2D eigenvalue weighted by Gasteiger charge is 2.35. The number of nitrogens with zero attached hydrogens (tertiary/aromatic N) is 1. The molecule has 6 heteroatoms. The van der Waals surface area contributed by atoms with Crippen molar-refractivity contribution in [3.05, 3.63) is 28.2 Å². The lowest BCUT2D eigenvalue weighted by Gasteiger charge is -2.20. The fourth-order valence-electron chi connectivity index (χ4n) is 2.25. The Morgan fingerprint density at radius 1 is 1.42 bits per heavy atom. The van der Waals surface area contributed by atoms with Gasteiger partial charge in [-0.25, -0.2) is 8.78 Å². The molecule has 104 valence electrons. The number of carbonyl (C=O) groups excluding carboxylic acids is 1. The zero-order valence-corrected chi connectivity index (χ0v) is 12.3. The average molecular weight is 333 g/mol. The van der Waals surface area contributed by atoms with Crippen LogP contribution in [0, 0.1) is 11.6 Å². The largest absolute Gasteiger partial charge is 0.307 e. The molecule has 1 aliphatic rings. The smallest absolute Gasteiger partial charge is 0.244 e. The van der Waals surface area contributed by atoms with E-state index in [1.165, 1.54) is 4.90 Å². The number of anilines is 1. The van der Waals surface area contributed by atoms with Crippen LogP contribution in [-0.2, 0) is 4.79 Å². The van der Waals surface area contributed by atoms with Crippen LogP contribution in [0.5, 0.6) is 0 Å². The van der Waals surface area contributed by atoms with Crippen LogP contribution in [-0.4, -0.2) is 24.5 Å². The Balaban J connectivity index is 2.27. The summed E-state index contributed by atoms with van der Waals surface area (Å²) in [7, 11) is 0. The van der Waals surface area contributed by atoms with Gasteiger partial charge in [-0.1, -0.05) is 13.8 Å². The molecule has 3 nitrogen and oxygen atoms in total. The summed E-state index contributed by atoms with van der Waals surface area (Å²) in [6, 6.07) is 1.82. The number of hydrogen-bond donors (Lipinski definition) is 1. The average Bonchev–Trinajstić information content (AvgIpc) is 2.60. The number of halogens is 3. The Bertz CT molecular complexity index is 484. The molecule has 1 aromatic rings. The molecular formula is C13H15BrF2N2O. The van der Waals surface area contributed by atoms with Gasteiger partial charge in [-0.2, -0.15) is 0 Å². The molecule has 1 atom stereocenters. The second-order valence-corrected chi connectivity index (χ2v) is 5.72. The van der Waals surface area contributed by atoms with Crippen molar-refractivity contribution >= 4 is 27.5 Å². The van der Waals surface area contributed by atoms with E-state index in [0.29, 0.717) is 13.0 Å². The second kappa shape index (κ2) is 5.54. The van der Waals surface area contributed by atoms with Gasteiger partial charge in [0, 0.05) is 23.1 Å². The summed E-state index contributed by atoms with van der Waals surface area (Å²) in [6.45, 7) is 4.32. The van der Waals surface area contributed by atoms with Crippen molar-refractivity contribution in [3.63, 3.8) is 0 Å². The van der Waals surface area contributed by atoms with Crippen LogP contribution in [0.25, 0.3) is 0 Å². The quantitative estimate of drug-likeness (QED) is 0.923. The van der Waals surface area contributed by atoms with Gasteiger partial charge in [0.05, 0.1) is 11.7 Å². The molecule has 1 heterocycles. The van der Waals surface area contributed by atoms with Crippen molar-refractivity contribution < 1.29 is 13.6 Å². The summed E-state index contributed by atoms with van der Waals surface area (Å²) >= 11 is 3.11. The lowest BCUT2D eigenvalue weighted by Crippen LogP contribution is -2.41. The third kappa shape index (κ3) is 2.95. The van der Waals surface area contributed by atoms with E-state index >= 15 is 0 Å². The monoisotopic (exact) mass is 332 g/mol. The van der Waals surface area contributed by atoms with Gasteiger partial charge in [0.1, 0.15) is 5.82 Å². The Hall–Kier alpha value is -1.01. The maximum atomic E-state index is 13.8. The molecule has 2 rings (SSSR count). The van der Waals surface area contributed by atoms with Crippen molar-refractivity contribution in [1.29, 1.82) is 0 Å². The molecule has 1 aromatic carbocycles. The van der Waals surface area contributed by atoms with Gasteiger partial charge in [-0.15, -0.1) is 0 Å². The molecule has 0 radical (unpaired) electrons. The fourth-order valence-corrected chi connectivity index (χ4v) is 2.87. The van der Waals surface area contributed by atoms with E-state index in [1.807, 2.05) is 13.8 Å². The van der Waals surface area contributed by atoms with Crippen molar-refractivity contribution in [2.75, 3.05) is 11.4 Å². The van der Waals surface area contributed by atoms with Crippen LogP contribution in [0.4, 0.5) is 14.5 Å². The molecule has 1 fully saturated rings. The van der Waals surface area contributed by atoms with Crippen LogP contribution in [0.1, 0.15) is 20.3 Å². The molecule has 0 saturated carbocycles. The summed E-state index contributed by atoms with van der Waals surface area (Å²) < 4.78 is 27.2. The predicted molar refractivity (Wildman–Crippen MR) is 73.1 cm³/mol. The molecule has 0 spiro atoms. The van der Waals surface area contributed by atoms with Crippen LogP contribution < -0.4 is 10.2 Å². The van der Waals surface area contributed by atoms with Crippen molar-refractivity contribution in [2.24, 2.45) is 0 Å². The number of nitrogens with one attached hydrogen (secondary N) is 1. The fraction of sp³-hybridized carbons (Fsp3) is 0.462. The third-order valence-corrected chi connectivity index (χ3v) is 3.60. The molecule has 1 unspecified atom stereocenters. The van der Waals surface area contributed by atoms with E-state index in [0.717, 1.165) is 12.1 Å². The SMILES string of the molecule is CC(C)NC1CCN(c2c(F)cc(F)cc2Br)C1=O.